The lowest BCUT2D eigenvalue weighted by Gasteiger charge is -2.21. The smallest absolute Gasteiger partial charge is 0.241 e. The number of halogens is 1. The number of aryl methyl sites for hydroxylation is 1. The van der Waals surface area contributed by atoms with Gasteiger partial charge in [-0.25, -0.2) is 17.5 Å². The van der Waals surface area contributed by atoms with Crippen molar-refractivity contribution in [1.82, 2.24) is 9.62 Å². The van der Waals surface area contributed by atoms with Crippen molar-refractivity contribution < 1.29 is 17.6 Å². The maximum atomic E-state index is 13.3. The van der Waals surface area contributed by atoms with Crippen LogP contribution in [0.2, 0.25) is 0 Å². The number of rotatable bonds is 7. The third kappa shape index (κ3) is 5.11. The van der Waals surface area contributed by atoms with Crippen molar-refractivity contribution in [2.45, 2.75) is 25.3 Å². The van der Waals surface area contributed by atoms with Gasteiger partial charge in [-0.3, -0.25) is 4.79 Å². The zero-order valence-corrected chi connectivity index (χ0v) is 15.0. The highest BCUT2D eigenvalue weighted by Crippen LogP contribution is 2.14. The summed E-state index contributed by atoms with van der Waals surface area (Å²) in [5.41, 5.74) is 1.20. The van der Waals surface area contributed by atoms with E-state index >= 15 is 0 Å². The Hall–Kier alpha value is -2.25. The van der Waals surface area contributed by atoms with Gasteiger partial charge >= 0.3 is 0 Å². The minimum atomic E-state index is -3.87. The normalized spacial score (nSPS) is 11.3. The highest BCUT2D eigenvalue weighted by Gasteiger charge is 2.19. The maximum Gasteiger partial charge on any atom is 0.241 e. The monoisotopic (exact) mass is 364 g/mol. The lowest BCUT2D eigenvalue weighted by Crippen LogP contribution is -2.39. The number of hydrogen-bond donors (Lipinski definition) is 1. The summed E-state index contributed by atoms with van der Waals surface area (Å²) in [4.78, 5) is 13.8. The third-order valence-corrected chi connectivity index (χ3v) is 5.20. The van der Waals surface area contributed by atoms with Crippen LogP contribution >= 0.6 is 0 Å². The zero-order chi connectivity index (χ0) is 18.4. The molecule has 0 fully saturated rings. The second-order valence-electron chi connectivity index (χ2n) is 5.63. The van der Waals surface area contributed by atoms with E-state index in [0.29, 0.717) is 13.1 Å². The third-order valence-electron chi connectivity index (χ3n) is 3.80. The first kappa shape index (κ1) is 19.1. The van der Waals surface area contributed by atoms with Crippen LogP contribution in [-0.4, -0.2) is 32.3 Å². The molecule has 0 aliphatic rings. The van der Waals surface area contributed by atoms with Gasteiger partial charge in [0, 0.05) is 13.1 Å². The van der Waals surface area contributed by atoms with Crippen molar-refractivity contribution in [2.75, 3.05) is 13.1 Å². The quantitative estimate of drug-likeness (QED) is 0.821. The molecule has 5 nitrogen and oxygen atoms in total. The van der Waals surface area contributed by atoms with Crippen molar-refractivity contribution in [1.29, 1.82) is 0 Å². The van der Waals surface area contributed by atoms with Crippen LogP contribution in [0.3, 0.4) is 0 Å². The van der Waals surface area contributed by atoms with Gasteiger partial charge in [0.15, 0.2) is 0 Å². The van der Waals surface area contributed by atoms with Gasteiger partial charge in [-0.05, 0) is 43.2 Å². The molecule has 0 aliphatic heterocycles. The second kappa shape index (κ2) is 8.22. The Kier molecular flexibility index (Phi) is 6.27. The number of carbonyl (C=O) groups excluding carboxylic acids is 1. The summed E-state index contributed by atoms with van der Waals surface area (Å²) in [6.45, 7) is 3.84. The van der Waals surface area contributed by atoms with E-state index in [1.54, 1.807) is 4.90 Å². The van der Waals surface area contributed by atoms with E-state index in [-0.39, 0.29) is 22.9 Å². The van der Waals surface area contributed by atoms with Crippen molar-refractivity contribution in [3.8, 4) is 0 Å². The fourth-order valence-corrected chi connectivity index (χ4v) is 3.38. The molecule has 0 unspecified atom stereocenters. The van der Waals surface area contributed by atoms with E-state index in [4.69, 9.17) is 0 Å². The van der Waals surface area contributed by atoms with Crippen LogP contribution in [0.4, 0.5) is 4.39 Å². The van der Waals surface area contributed by atoms with E-state index in [1.165, 1.54) is 19.1 Å². The molecule has 0 radical (unpaired) electrons. The van der Waals surface area contributed by atoms with Crippen LogP contribution in [0, 0.1) is 12.7 Å². The van der Waals surface area contributed by atoms with Crippen LogP contribution in [0.5, 0.6) is 0 Å². The van der Waals surface area contributed by atoms with E-state index in [0.717, 1.165) is 11.6 Å². The first-order chi connectivity index (χ1) is 11.8. The molecule has 134 valence electrons. The van der Waals surface area contributed by atoms with Crippen LogP contribution in [-0.2, 0) is 21.4 Å². The number of carbonyl (C=O) groups is 1. The summed E-state index contributed by atoms with van der Waals surface area (Å²) in [5, 5.41) is 0. The first-order valence-electron chi connectivity index (χ1n) is 7.91. The molecule has 0 bridgehead atoms. The first-order valence-corrected chi connectivity index (χ1v) is 9.39. The molecule has 0 aromatic heterocycles. The van der Waals surface area contributed by atoms with E-state index in [9.17, 15) is 17.6 Å². The topological polar surface area (TPSA) is 66.5 Å². The number of nitrogens with one attached hydrogen (secondary N) is 1. The van der Waals surface area contributed by atoms with Crippen molar-refractivity contribution in [3.05, 3.63) is 65.5 Å². The van der Waals surface area contributed by atoms with E-state index in [2.05, 4.69) is 4.72 Å². The molecule has 0 aliphatic carbocycles. The molecule has 25 heavy (non-hydrogen) atoms. The second-order valence-corrected chi connectivity index (χ2v) is 7.40. The Labute approximate surface area is 147 Å². The SMILES string of the molecule is CCN(Cc1ccccc1)C(=O)CNS(=O)(=O)c1ccc(F)c(C)c1. The molecule has 7 heteroatoms. The molecule has 1 amide bonds. The summed E-state index contributed by atoms with van der Waals surface area (Å²) in [6.07, 6.45) is 0. The zero-order valence-electron chi connectivity index (χ0n) is 14.2. The number of benzene rings is 2. The van der Waals surface area contributed by atoms with Crippen LogP contribution in [0.25, 0.3) is 0 Å². The van der Waals surface area contributed by atoms with E-state index < -0.39 is 15.8 Å². The Bertz CT molecular complexity index is 839. The highest BCUT2D eigenvalue weighted by atomic mass is 32.2. The minimum absolute atomic E-state index is 0.0645. The number of likely N-dealkylation sites (N-methyl/N-ethyl adjacent to an activating group) is 1. The summed E-state index contributed by atoms with van der Waals surface area (Å²) in [6, 6.07) is 13.0. The minimum Gasteiger partial charge on any atom is -0.338 e. The molecule has 1 N–H and O–H groups in total. The van der Waals surface area contributed by atoms with Crippen molar-refractivity contribution in [2.24, 2.45) is 0 Å². The Morgan fingerprint density at radius 2 is 1.84 bits per heavy atom. The Morgan fingerprint density at radius 3 is 2.44 bits per heavy atom. The van der Waals surface area contributed by atoms with Crippen LogP contribution < -0.4 is 4.72 Å². The van der Waals surface area contributed by atoms with Gasteiger partial charge in [-0.15, -0.1) is 0 Å². The highest BCUT2D eigenvalue weighted by molar-refractivity contribution is 7.89. The molecule has 2 rings (SSSR count). The van der Waals surface area contributed by atoms with E-state index in [1.807, 2.05) is 37.3 Å². The Morgan fingerprint density at radius 1 is 1.16 bits per heavy atom. The molecule has 0 atom stereocenters. The van der Waals surface area contributed by atoms with Gasteiger partial charge in [0.05, 0.1) is 11.4 Å². The Balaban J connectivity index is 2.02. The molecular weight excluding hydrogens is 343 g/mol. The average molecular weight is 364 g/mol. The fraction of sp³-hybridized carbons (Fsp3) is 0.278. The van der Waals surface area contributed by atoms with Gasteiger partial charge in [0.2, 0.25) is 15.9 Å². The van der Waals surface area contributed by atoms with Crippen molar-refractivity contribution >= 4 is 15.9 Å². The maximum absolute atomic E-state index is 13.3. The number of nitrogens with zero attached hydrogens (tertiary/aromatic N) is 1. The largest absolute Gasteiger partial charge is 0.338 e. The lowest BCUT2D eigenvalue weighted by atomic mass is 10.2. The molecule has 0 spiro atoms. The number of amides is 1. The molecule has 2 aromatic rings. The predicted molar refractivity (Wildman–Crippen MR) is 93.9 cm³/mol. The van der Waals surface area contributed by atoms with Gasteiger partial charge in [-0.2, -0.15) is 0 Å². The summed E-state index contributed by atoms with van der Waals surface area (Å²) in [7, 11) is -3.87. The molecule has 2 aromatic carbocycles. The molecule has 0 heterocycles. The average Bonchev–Trinajstić information content (AvgIpc) is 2.60. The summed E-state index contributed by atoms with van der Waals surface area (Å²) in [5.74, 6) is -0.802. The van der Waals surface area contributed by atoms with Crippen LogP contribution in [0.1, 0.15) is 18.1 Å². The molecular formula is C18H21FN2O3S. The molecule has 0 saturated heterocycles. The summed E-state index contributed by atoms with van der Waals surface area (Å²) >= 11 is 0. The standard InChI is InChI=1S/C18H21FN2O3S/c1-3-21(13-15-7-5-4-6-8-15)18(22)12-20-25(23,24)16-9-10-17(19)14(2)11-16/h4-11,20H,3,12-13H2,1-2H3. The summed E-state index contributed by atoms with van der Waals surface area (Å²) < 4.78 is 40.1. The van der Waals surface area contributed by atoms with Crippen LogP contribution in [0.15, 0.2) is 53.4 Å². The molecule has 0 saturated carbocycles. The van der Waals surface area contributed by atoms with Gasteiger partial charge < -0.3 is 4.90 Å². The van der Waals surface area contributed by atoms with Crippen molar-refractivity contribution in [3.63, 3.8) is 0 Å². The number of hydrogen-bond acceptors (Lipinski definition) is 3. The lowest BCUT2D eigenvalue weighted by molar-refractivity contribution is -0.130. The van der Waals surface area contributed by atoms with Gasteiger partial charge in [-0.1, -0.05) is 30.3 Å². The fourth-order valence-electron chi connectivity index (χ4n) is 2.32. The van der Waals surface area contributed by atoms with Gasteiger partial charge in [0.1, 0.15) is 5.82 Å². The van der Waals surface area contributed by atoms with Gasteiger partial charge in [0.25, 0.3) is 0 Å². The predicted octanol–water partition coefficient (Wildman–Crippen LogP) is 2.46. The number of sulfonamides is 1.